The fourth-order valence-corrected chi connectivity index (χ4v) is 3.01. The van der Waals surface area contributed by atoms with Crippen LogP contribution < -0.4 is 10.6 Å². The molecule has 2 nitrogen and oxygen atoms in total. The Morgan fingerprint density at radius 2 is 2.43 bits per heavy atom. The van der Waals surface area contributed by atoms with E-state index in [1.54, 1.807) is 0 Å². The summed E-state index contributed by atoms with van der Waals surface area (Å²) in [6.07, 6.45) is 1.22. The van der Waals surface area contributed by atoms with E-state index in [1.165, 1.54) is 17.0 Å². The van der Waals surface area contributed by atoms with Gasteiger partial charge in [-0.25, -0.2) is 0 Å². The van der Waals surface area contributed by atoms with Crippen molar-refractivity contribution < 1.29 is 0 Å². The minimum Gasteiger partial charge on any atom is -0.363 e. The van der Waals surface area contributed by atoms with Crippen LogP contribution in [0.3, 0.4) is 0 Å². The Morgan fingerprint density at radius 3 is 2.93 bits per heavy atom. The Kier molecular flexibility index (Phi) is 2.54. The number of nitrogens with two attached hydrogens (primary N) is 1. The van der Waals surface area contributed by atoms with Crippen molar-refractivity contribution in [3.8, 4) is 0 Å². The van der Waals surface area contributed by atoms with Gasteiger partial charge in [0.1, 0.15) is 0 Å². The fraction of sp³-hybridized carbons (Fsp3) is 0.636. The molecule has 1 saturated heterocycles. The Balaban J connectivity index is 2.13. The highest BCUT2D eigenvalue weighted by atomic mass is 32.1. The van der Waals surface area contributed by atoms with Crippen molar-refractivity contribution in [1.29, 1.82) is 0 Å². The Morgan fingerprint density at radius 1 is 1.64 bits per heavy atom. The summed E-state index contributed by atoms with van der Waals surface area (Å²) in [5.74, 6) is 0. The van der Waals surface area contributed by atoms with Gasteiger partial charge in [0.2, 0.25) is 0 Å². The summed E-state index contributed by atoms with van der Waals surface area (Å²) >= 11 is 1.84. The molecule has 2 heterocycles. The summed E-state index contributed by atoms with van der Waals surface area (Å²) < 4.78 is 0. The molecule has 0 aromatic carbocycles. The van der Waals surface area contributed by atoms with Crippen LogP contribution in [0.15, 0.2) is 11.4 Å². The average molecular weight is 210 g/mol. The van der Waals surface area contributed by atoms with Gasteiger partial charge in [-0.1, -0.05) is 6.92 Å². The lowest BCUT2D eigenvalue weighted by Crippen LogP contribution is -2.31. The molecule has 1 aromatic heterocycles. The first kappa shape index (κ1) is 9.99. The van der Waals surface area contributed by atoms with Gasteiger partial charge >= 0.3 is 0 Å². The Labute approximate surface area is 89.7 Å². The molecule has 1 unspecified atom stereocenters. The van der Waals surface area contributed by atoms with Crippen molar-refractivity contribution >= 4 is 16.3 Å². The molecule has 0 spiro atoms. The molecule has 0 amide bonds. The SMILES string of the molecule is Cc1ccsc1N1CCC(C)(CN)C1. The first-order valence-corrected chi connectivity index (χ1v) is 6.02. The predicted octanol–water partition coefficient (Wildman–Crippen LogP) is 2.23. The van der Waals surface area contributed by atoms with Crippen LogP contribution >= 0.6 is 11.3 Å². The second-order valence-electron chi connectivity index (χ2n) is 4.60. The summed E-state index contributed by atoms with van der Waals surface area (Å²) in [5, 5.41) is 3.60. The molecule has 0 aliphatic carbocycles. The molecular formula is C11H18N2S. The van der Waals surface area contributed by atoms with E-state index < -0.39 is 0 Å². The number of rotatable bonds is 2. The smallest absolute Gasteiger partial charge is 0.0938 e. The summed E-state index contributed by atoms with van der Waals surface area (Å²) in [5.41, 5.74) is 7.53. The third-order valence-electron chi connectivity index (χ3n) is 3.17. The molecular weight excluding hydrogens is 192 g/mol. The molecule has 1 atom stereocenters. The van der Waals surface area contributed by atoms with Crippen molar-refractivity contribution in [2.45, 2.75) is 20.3 Å². The molecule has 78 valence electrons. The highest BCUT2D eigenvalue weighted by molar-refractivity contribution is 7.14. The van der Waals surface area contributed by atoms with Crippen LogP contribution in [0, 0.1) is 12.3 Å². The number of thiophene rings is 1. The predicted molar refractivity (Wildman–Crippen MR) is 63.0 cm³/mol. The zero-order valence-electron chi connectivity index (χ0n) is 8.92. The molecule has 14 heavy (non-hydrogen) atoms. The fourth-order valence-electron chi connectivity index (χ4n) is 2.05. The summed E-state index contributed by atoms with van der Waals surface area (Å²) in [4.78, 5) is 2.48. The lowest BCUT2D eigenvalue weighted by atomic mass is 9.90. The van der Waals surface area contributed by atoms with Gasteiger partial charge in [-0.2, -0.15) is 0 Å². The summed E-state index contributed by atoms with van der Waals surface area (Å²) in [6.45, 7) is 7.55. The van der Waals surface area contributed by atoms with E-state index in [0.29, 0.717) is 5.41 Å². The molecule has 2 rings (SSSR count). The van der Waals surface area contributed by atoms with E-state index in [0.717, 1.165) is 19.6 Å². The van der Waals surface area contributed by atoms with Crippen molar-refractivity contribution in [3.05, 3.63) is 17.0 Å². The number of nitrogens with zero attached hydrogens (tertiary/aromatic N) is 1. The van der Waals surface area contributed by atoms with E-state index in [2.05, 4.69) is 30.2 Å². The zero-order valence-corrected chi connectivity index (χ0v) is 9.73. The third-order valence-corrected chi connectivity index (χ3v) is 4.25. The van der Waals surface area contributed by atoms with Crippen molar-refractivity contribution in [2.24, 2.45) is 11.1 Å². The second kappa shape index (κ2) is 3.55. The topological polar surface area (TPSA) is 29.3 Å². The summed E-state index contributed by atoms with van der Waals surface area (Å²) in [7, 11) is 0. The van der Waals surface area contributed by atoms with Crippen LogP contribution in [0.5, 0.6) is 0 Å². The van der Waals surface area contributed by atoms with Crippen LogP contribution in [0.2, 0.25) is 0 Å². The monoisotopic (exact) mass is 210 g/mol. The largest absolute Gasteiger partial charge is 0.363 e. The van der Waals surface area contributed by atoms with Gasteiger partial charge in [0.05, 0.1) is 5.00 Å². The van der Waals surface area contributed by atoms with Gasteiger partial charge in [-0.05, 0) is 42.3 Å². The standard InChI is InChI=1S/C11H18N2S/c1-9-3-6-14-10(9)13-5-4-11(2,7-12)8-13/h3,6H,4-5,7-8,12H2,1-2H3. The van der Waals surface area contributed by atoms with E-state index in [9.17, 15) is 0 Å². The number of hydrogen-bond acceptors (Lipinski definition) is 3. The Hall–Kier alpha value is -0.540. The number of aryl methyl sites for hydroxylation is 1. The third kappa shape index (κ3) is 1.66. The molecule has 0 bridgehead atoms. The molecule has 1 aromatic rings. The van der Waals surface area contributed by atoms with Gasteiger partial charge in [0.15, 0.2) is 0 Å². The van der Waals surface area contributed by atoms with E-state index in [-0.39, 0.29) is 0 Å². The first-order valence-electron chi connectivity index (χ1n) is 5.14. The maximum atomic E-state index is 5.80. The maximum Gasteiger partial charge on any atom is 0.0938 e. The first-order chi connectivity index (χ1) is 6.64. The molecule has 1 fully saturated rings. The molecule has 0 radical (unpaired) electrons. The Bertz CT molecular complexity index is 321. The van der Waals surface area contributed by atoms with E-state index >= 15 is 0 Å². The summed E-state index contributed by atoms with van der Waals surface area (Å²) in [6, 6.07) is 2.19. The maximum absolute atomic E-state index is 5.80. The highest BCUT2D eigenvalue weighted by Gasteiger charge is 2.33. The van der Waals surface area contributed by atoms with Gasteiger partial charge < -0.3 is 10.6 Å². The zero-order chi connectivity index (χ0) is 10.2. The highest BCUT2D eigenvalue weighted by Crippen LogP contribution is 2.36. The van der Waals surface area contributed by atoms with Crippen LogP contribution in [0.25, 0.3) is 0 Å². The van der Waals surface area contributed by atoms with Crippen molar-refractivity contribution in [1.82, 2.24) is 0 Å². The number of anilines is 1. The molecule has 1 aliphatic heterocycles. The minimum atomic E-state index is 0.330. The molecule has 2 N–H and O–H groups in total. The average Bonchev–Trinajstić information content (AvgIpc) is 2.73. The molecule has 3 heteroatoms. The van der Waals surface area contributed by atoms with Crippen LogP contribution in [0.1, 0.15) is 18.9 Å². The van der Waals surface area contributed by atoms with Crippen LogP contribution in [0.4, 0.5) is 5.00 Å². The van der Waals surface area contributed by atoms with Gasteiger partial charge in [0.25, 0.3) is 0 Å². The van der Waals surface area contributed by atoms with Crippen molar-refractivity contribution in [3.63, 3.8) is 0 Å². The second-order valence-corrected chi connectivity index (χ2v) is 5.49. The van der Waals surface area contributed by atoms with E-state index in [1.807, 2.05) is 11.3 Å². The molecule has 0 saturated carbocycles. The van der Waals surface area contributed by atoms with Crippen LogP contribution in [-0.2, 0) is 0 Å². The normalized spacial score (nSPS) is 27.2. The van der Waals surface area contributed by atoms with E-state index in [4.69, 9.17) is 5.73 Å². The number of hydrogen-bond donors (Lipinski definition) is 1. The quantitative estimate of drug-likeness (QED) is 0.811. The van der Waals surface area contributed by atoms with Crippen LogP contribution in [-0.4, -0.2) is 19.6 Å². The van der Waals surface area contributed by atoms with Gasteiger partial charge in [-0.3, -0.25) is 0 Å². The lowest BCUT2D eigenvalue weighted by molar-refractivity contribution is 0.383. The lowest BCUT2D eigenvalue weighted by Gasteiger charge is -2.23. The minimum absolute atomic E-state index is 0.330. The van der Waals surface area contributed by atoms with Crippen molar-refractivity contribution in [2.75, 3.05) is 24.5 Å². The van der Waals surface area contributed by atoms with Gasteiger partial charge in [0, 0.05) is 13.1 Å². The van der Waals surface area contributed by atoms with Gasteiger partial charge in [-0.15, -0.1) is 11.3 Å². The molecule has 1 aliphatic rings.